The number of amides is 2. The Labute approximate surface area is 199 Å². The van der Waals surface area contributed by atoms with Crippen molar-refractivity contribution < 1.29 is 19.1 Å². The molecule has 3 rings (SSSR count). The number of nitrogens with one attached hydrogen (secondary N) is 2. The second kappa shape index (κ2) is 12.7. The maximum atomic E-state index is 12.3. The third-order valence-corrected chi connectivity index (χ3v) is 6.37. The van der Waals surface area contributed by atoms with Crippen LogP contribution < -0.4 is 15.4 Å². The molecule has 1 saturated heterocycles. The molecule has 0 aliphatic carbocycles. The molecule has 0 saturated carbocycles. The van der Waals surface area contributed by atoms with Gasteiger partial charge in [0.2, 0.25) is 11.8 Å². The van der Waals surface area contributed by atoms with Gasteiger partial charge in [-0.25, -0.2) is 4.98 Å². The van der Waals surface area contributed by atoms with Crippen LogP contribution in [0.4, 0.5) is 5.13 Å². The van der Waals surface area contributed by atoms with Gasteiger partial charge in [0.05, 0.1) is 12.1 Å². The Hall–Kier alpha value is -2.49. The van der Waals surface area contributed by atoms with Crippen LogP contribution in [0, 0.1) is 5.92 Å². The number of hydrogen-bond acceptors (Lipinski definition) is 7. The van der Waals surface area contributed by atoms with E-state index in [2.05, 4.69) is 27.6 Å². The third kappa shape index (κ3) is 8.42. The van der Waals surface area contributed by atoms with Crippen LogP contribution in [-0.4, -0.2) is 61.2 Å². The van der Waals surface area contributed by atoms with Gasteiger partial charge in [-0.1, -0.05) is 26.0 Å². The van der Waals surface area contributed by atoms with Gasteiger partial charge in [0, 0.05) is 43.6 Å². The van der Waals surface area contributed by atoms with Gasteiger partial charge in [-0.15, -0.1) is 11.3 Å². The lowest BCUT2D eigenvalue weighted by molar-refractivity contribution is -0.120. The first kappa shape index (κ1) is 25.1. The van der Waals surface area contributed by atoms with Crippen LogP contribution in [0.3, 0.4) is 0 Å². The average molecular weight is 475 g/mol. The summed E-state index contributed by atoms with van der Waals surface area (Å²) in [6.45, 7) is 7.21. The number of carbonyl (C=O) groups is 2. The number of likely N-dealkylation sites (N-methyl/N-ethyl adjacent to an activating group) is 1. The highest BCUT2D eigenvalue weighted by atomic mass is 32.1. The quantitative estimate of drug-likeness (QED) is 0.520. The second-order valence-electron chi connectivity index (χ2n) is 8.56. The molecule has 9 heteroatoms. The maximum Gasteiger partial charge on any atom is 0.228 e. The number of ether oxygens (including phenoxy) is 2. The summed E-state index contributed by atoms with van der Waals surface area (Å²) < 4.78 is 11.4. The van der Waals surface area contributed by atoms with Gasteiger partial charge in [-0.05, 0) is 37.6 Å². The molecule has 0 bridgehead atoms. The third-order valence-electron chi connectivity index (χ3n) is 5.56. The number of thiazole rings is 1. The lowest BCUT2D eigenvalue weighted by Crippen LogP contribution is -2.38. The first-order valence-electron chi connectivity index (χ1n) is 11.4. The van der Waals surface area contributed by atoms with Crippen LogP contribution in [0.5, 0.6) is 5.75 Å². The topological polar surface area (TPSA) is 92.8 Å². The predicted molar refractivity (Wildman–Crippen MR) is 130 cm³/mol. The minimum atomic E-state index is -0.119. The monoisotopic (exact) mass is 474 g/mol. The van der Waals surface area contributed by atoms with Crippen molar-refractivity contribution in [2.24, 2.45) is 5.92 Å². The van der Waals surface area contributed by atoms with Crippen molar-refractivity contribution in [2.45, 2.75) is 45.7 Å². The second-order valence-corrected chi connectivity index (χ2v) is 9.42. The zero-order valence-corrected chi connectivity index (χ0v) is 20.5. The smallest absolute Gasteiger partial charge is 0.228 e. The van der Waals surface area contributed by atoms with E-state index in [1.807, 2.05) is 38.1 Å². The Morgan fingerprint density at radius 1 is 1.30 bits per heavy atom. The zero-order valence-electron chi connectivity index (χ0n) is 19.6. The molecular formula is C24H34N4O4S. The Morgan fingerprint density at radius 3 is 2.85 bits per heavy atom. The number of rotatable bonds is 11. The predicted octanol–water partition coefficient (Wildman–Crippen LogP) is 3.09. The van der Waals surface area contributed by atoms with E-state index in [-0.39, 0.29) is 24.2 Å². The summed E-state index contributed by atoms with van der Waals surface area (Å²) in [7, 11) is 2.13. The molecule has 2 N–H and O–H groups in total. The minimum absolute atomic E-state index is 0.0855. The largest absolute Gasteiger partial charge is 0.492 e. The summed E-state index contributed by atoms with van der Waals surface area (Å²) in [5, 5.41) is 7.99. The highest BCUT2D eigenvalue weighted by Gasteiger charge is 2.18. The molecule has 8 nitrogen and oxygen atoms in total. The average Bonchev–Trinajstić information content (AvgIpc) is 3.25. The van der Waals surface area contributed by atoms with Crippen molar-refractivity contribution in [2.75, 3.05) is 38.7 Å². The van der Waals surface area contributed by atoms with Gasteiger partial charge in [0.25, 0.3) is 0 Å². The normalized spacial score (nSPS) is 14.5. The van der Waals surface area contributed by atoms with Crippen molar-refractivity contribution in [1.29, 1.82) is 0 Å². The molecule has 1 fully saturated rings. The molecule has 180 valence electrons. The van der Waals surface area contributed by atoms with Crippen LogP contribution >= 0.6 is 11.3 Å². The number of aromatic nitrogens is 1. The minimum Gasteiger partial charge on any atom is -0.492 e. The lowest BCUT2D eigenvalue weighted by atomic mass is 10.1. The highest BCUT2D eigenvalue weighted by Crippen LogP contribution is 2.17. The molecule has 1 aromatic carbocycles. The highest BCUT2D eigenvalue weighted by molar-refractivity contribution is 7.13. The fraction of sp³-hybridized carbons (Fsp3) is 0.542. The fourth-order valence-corrected chi connectivity index (χ4v) is 4.20. The molecule has 1 aromatic heterocycles. The van der Waals surface area contributed by atoms with E-state index in [9.17, 15) is 9.59 Å². The van der Waals surface area contributed by atoms with Crippen LogP contribution in [0.25, 0.3) is 0 Å². The molecule has 0 spiro atoms. The van der Waals surface area contributed by atoms with Crippen molar-refractivity contribution in [3.63, 3.8) is 0 Å². The Bertz CT molecular complexity index is 911. The summed E-state index contributed by atoms with van der Waals surface area (Å²) >= 11 is 1.32. The van der Waals surface area contributed by atoms with Crippen molar-refractivity contribution in [3.8, 4) is 5.75 Å². The SMILES string of the molecule is CC(C)C(=O)Nc1nc(CC(=O)NCc2cccc(OCCN(C)C3CCOCC3)c2)cs1. The van der Waals surface area contributed by atoms with Gasteiger partial charge in [-0.2, -0.15) is 0 Å². The summed E-state index contributed by atoms with van der Waals surface area (Å²) in [6, 6.07) is 8.34. The number of hydrogen-bond donors (Lipinski definition) is 2. The molecule has 1 aliphatic heterocycles. The van der Waals surface area contributed by atoms with E-state index in [0.717, 1.165) is 43.9 Å². The molecule has 33 heavy (non-hydrogen) atoms. The summed E-state index contributed by atoms with van der Waals surface area (Å²) in [5.74, 6) is 0.476. The van der Waals surface area contributed by atoms with Crippen molar-refractivity contribution in [1.82, 2.24) is 15.2 Å². The van der Waals surface area contributed by atoms with Crippen LogP contribution in [0.15, 0.2) is 29.6 Å². The molecule has 2 aromatic rings. The van der Waals surface area contributed by atoms with Gasteiger partial charge in [0.15, 0.2) is 5.13 Å². The summed E-state index contributed by atoms with van der Waals surface area (Å²) in [6.07, 6.45) is 2.31. The van der Waals surface area contributed by atoms with Crippen molar-refractivity contribution in [3.05, 3.63) is 40.9 Å². The first-order chi connectivity index (χ1) is 15.9. The van der Waals surface area contributed by atoms with E-state index >= 15 is 0 Å². The van der Waals surface area contributed by atoms with Crippen LogP contribution in [-0.2, 0) is 27.3 Å². The van der Waals surface area contributed by atoms with Gasteiger partial charge >= 0.3 is 0 Å². The lowest BCUT2D eigenvalue weighted by Gasteiger charge is -2.31. The van der Waals surface area contributed by atoms with E-state index in [4.69, 9.17) is 9.47 Å². The molecule has 0 unspecified atom stereocenters. The fourth-order valence-electron chi connectivity index (χ4n) is 3.48. The number of nitrogens with zero attached hydrogens (tertiary/aromatic N) is 2. The van der Waals surface area contributed by atoms with Gasteiger partial charge < -0.3 is 20.1 Å². The number of carbonyl (C=O) groups excluding carboxylic acids is 2. The molecule has 0 radical (unpaired) electrons. The summed E-state index contributed by atoms with van der Waals surface area (Å²) in [5.41, 5.74) is 1.61. The van der Waals surface area contributed by atoms with E-state index in [1.165, 1.54) is 11.3 Å². The van der Waals surface area contributed by atoms with Gasteiger partial charge in [0.1, 0.15) is 12.4 Å². The van der Waals surface area contributed by atoms with E-state index < -0.39 is 0 Å². The molecule has 0 atom stereocenters. The standard InChI is InChI=1S/C24H34N4O4S/c1-17(2)23(30)27-24-26-19(16-33-24)14-22(29)25-15-18-5-4-6-21(13-18)32-12-9-28(3)20-7-10-31-11-8-20/h4-6,13,16-17,20H,7-12,14-15H2,1-3H3,(H,25,29)(H,26,27,30). The summed E-state index contributed by atoms with van der Waals surface area (Å²) in [4.78, 5) is 30.7. The first-order valence-corrected chi connectivity index (χ1v) is 12.3. The maximum absolute atomic E-state index is 12.3. The van der Waals surface area contributed by atoms with Crippen LogP contribution in [0.1, 0.15) is 37.9 Å². The number of benzene rings is 1. The molecule has 2 heterocycles. The Kier molecular flexibility index (Phi) is 9.65. The zero-order chi connectivity index (χ0) is 23.6. The molecule has 2 amide bonds. The van der Waals surface area contributed by atoms with Crippen molar-refractivity contribution >= 4 is 28.3 Å². The Morgan fingerprint density at radius 2 is 2.09 bits per heavy atom. The van der Waals surface area contributed by atoms with E-state index in [0.29, 0.717) is 30.0 Å². The number of anilines is 1. The molecule has 1 aliphatic rings. The molecular weight excluding hydrogens is 440 g/mol. The van der Waals surface area contributed by atoms with Crippen LogP contribution in [0.2, 0.25) is 0 Å². The van der Waals surface area contributed by atoms with E-state index in [1.54, 1.807) is 5.38 Å². The Balaban J connectivity index is 1.39. The van der Waals surface area contributed by atoms with Gasteiger partial charge in [-0.3, -0.25) is 14.5 Å².